The monoisotopic (exact) mass is 220 g/mol. The molecule has 1 heterocycles. The Labute approximate surface area is 94.3 Å². The number of rotatable bonds is 2. The Morgan fingerprint density at radius 2 is 2.31 bits per heavy atom. The highest BCUT2D eigenvalue weighted by molar-refractivity contribution is 5.85. The van der Waals surface area contributed by atoms with Crippen LogP contribution in [0.4, 0.5) is 0 Å². The molecule has 16 heavy (non-hydrogen) atoms. The minimum absolute atomic E-state index is 0.303. The quantitative estimate of drug-likeness (QED) is 0.829. The molecule has 1 aromatic rings. The molecular weight excluding hydrogens is 204 g/mol. The fourth-order valence-electron chi connectivity index (χ4n) is 3.48. The second kappa shape index (κ2) is 3.34. The topological polar surface area (TPSA) is 55.1 Å². The predicted molar refractivity (Wildman–Crippen MR) is 58.4 cm³/mol. The molecule has 86 valence electrons. The van der Waals surface area contributed by atoms with Gasteiger partial charge in [0.15, 0.2) is 0 Å². The first-order chi connectivity index (χ1) is 7.65. The van der Waals surface area contributed by atoms with Crippen molar-refractivity contribution < 1.29 is 9.90 Å². The Kier molecular flexibility index (Phi) is 2.06. The zero-order chi connectivity index (χ0) is 11.3. The Morgan fingerprint density at radius 3 is 2.81 bits per heavy atom. The number of hydrogen-bond acceptors (Lipinski definition) is 2. The Morgan fingerprint density at radius 1 is 1.50 bits per heavy atom. The van der Waals surface area contributed by atoms with E-state index >= 15 is 0 Å². The summed E-state index contributed by atoms with van der Waals surface area (Å²) in [7, 11) is 1.71. The van der Waals surface area contributed by atoms with Crippen LogP contribution in [0.2, 0.25) is 0 Å². The summed E-state index contributed by atoms with van der Waals surface area (Å²) in [5.74, 6) is 1.24. The molecule has 0 aromatic carbocycles. The number of fused-ring (bicyclic) bond motifs is 2. The number of carboxylic acid groups (broad SMARTS) is 1. The van der Waals surface area contributed by atoms with Gasteiger partial charge in [-0.3, -0.25) is 4.68 Å². The lowest BCUT2D eigenvalue weighted by Gasteiger charge is -2.19. The van der Waals surface area contributed by atoms with Gasteiger partial charge in [-0.15, -0.1) is 0 Å². The fourth-order valence-corrected chi connectivity index (χ4v) is 3.48. The summed E-state index contributed by atoms with van der Waals surface area (Å²) in [5.41, 5.74) is 1.30. The van der Waals surface area contributed by atoms with Gasteiger partial charge in [0.25, 0.3) is 0 Å². The van der Waals surface area contributed by atoms with Gasteiger partial charge in [-0.2, -0.15) is 5.10 Å². The molecule has 4 heteroatoms. The average molecular weight is 220 g/mol. The molecule has 2 fully saturated rings. The summed E-state index contributed by atoms with van der Waals surface area (Å²) in [6, 6.07) is 1.76. The van der Waals surface area contributed by atoms with Crippen LogP contribution >= 0.6 is 0 Å². The standard InChI is InChI=1S/C12H16N2O2/c1-14-11(12(15)16)6-10(13-14)9-5-7-2-3-8(9)4-7/h6-9H,2-5H2,1H3,(H,15,16). The van der Waals surface area contributed by atoms with E-state index in [1.807, 2.05) is 0 Å². The van der Waals surface area contributed by atoms with Crippen LogP contribution in [0.25, 0.3) is 0 Å². The number of carboxylic acids is 1. The van der Waals surface area contributed by atoms with Crippen LogP contribution in [0, 0.1) is 11.8 Å². The van der Waals surface area contributed by atoms with Crippen LogP contribution in [0.5, 0.6) is 0 Å². The molecule has 3 unspecified atom stereocenters. The third-order valence-electron chi connectivity index (χ3n) is 4.24. The molecule has 3 rings (SSSR count). The van der Waals surface area contributed by atoms with Crippen molar-refractivity contribution in [2.45, 2.75) is 31.6 Å². The zero-order valence-corrected chi connectivity index (χ0v) is 9.39. The second-order valence-corrected chi connectivity index (χ2v) is 5.16. The summed E-state index contributed by atoms with van der Waals surface area (Å²) in [6.07, 6.45) is 5.19. The van der Waals surface area contributed by atoms with E-state index in [1.54, 1.807) is 13.1 Å². The summed E-state index contributed by atoms with van der Waals surface area (Å²) >= 11 is 0. The average Bonchev–Trinajstić information content (AvgIpc) is 2.89. The highest BCUT2D eigenvalue weighted by Crippen LogP contribution is 2.52. The number of hydrogen-bond donors (Lipinski definition) is 1. The molecule has 2 saturated carbocycles. The first-order valence-electron chi connectivity index (χ1n) is 5.92. The molecule has 2 bridgehead atoms. The van der Waals surface area contributed by atoms with Gasteiger partial charge in [0.2, 0.25) is 0 Å². The van der Waals surface area contributed by atoms with Crippen molar-refractivity contribution >= 4 is 5.97 Å². The molecule has 2 aliphatic rings. The summed E-state index contributed by atoms with van der Waals surface area (Å²) in [4.78, 5) is 10.9. The molecule has 1 aromatic heterocycles. The van der Waals surface area contributed by atoms with Crippen LogP contribution < -0.4 is 0 Å². The van der Waals surface area contributed by atoms with Crippen molar-refractivity contribution in [2.75, 3.05) is 0 Å². The Hall–Kier alpha value is -1.32. The van der Waals surface area contributed by atoms with E-state index in [4.69, 9.17) is 5.11 Å². The fraction of sp³-hybridized carbons (Fsp3) is 0.667. The maximum Gasteiger partial charge on any atom is 0.354 e. The first kappa shape index (κ1) is 9.87. The Bertz CT molecular complexity index is 438. The van der Waals surface area contributed by atoms with E-state index in [1.165, 1.54) is 30.4 Å². The van der Waals surface area contributed by atoms with Crippen molar-refractivity contribution in [1.29, 1.82) is 0 Å². The van der Waals surface area contributed by atoms with Gasteiger partial charge >= 0.3 is 5.97 Å². The molecular formula is C12H16N2O2. The van der Waals surface area contributed by atoms with Crippen LogP contribution in [0.15, 0.2) is 6.07 Å². The summed E-state index contributed by atoms with van der Waals surface area (Å²) in [5, 5.41) is 13.4. The van der Waals surface area contributed by atoms with Gasteiger partial charge in [-0.05, 0) is 37.2 Å². The van der Waals surface area contributed by atoms with Crippen molar-refractivity contribution in [3.05, 3.63) is 17.5 Å². The smallest absolute Gasteiger partial charge is 0.354 e. The molecule has 4 nitrogen and oxygen atoms in total. The Balaban J connectivity index is 1.90. The number of aryl methyl sites for hydroxylation is 1. The summed E-state index contributed by atoms with van der Waals surface area (Å²) in [6.45, 7) is 0. The SMILES string of the molecule is Cn1nc(C2CC3CCC2C3)cc1C(=O)O. The van der Waals surface area contributed by atoms with Crippen molar-refractivity contribution in [2.24, 2.45) is 18.9 Å². The van der Waals surface area contributed by atoms with Gasteiger partial charge in [-0.1, -0.05) is 6.42 Å². The van der Waals surface area contributed by atoms with Crippen molar-refractivity contribution in [3.63, 3.8) is 0 Å². The van der Waals surface area contributed by atoms with Crippen LogP contribution in [0.3, 0.4) is 0 Å². The van der Waals surface area contributed by atoms with Crippen LogP contribution in [0.1, 0.15) is 47.8 Å². The molecule has 0 radical (unpaired) electrons. The van der Waals surface area contributed by atoms with E-state index in [2.05, 4.69) is 5.10 Å². The van der Waals surface area contributed by atoms with Gasteiger partial charge in [0, 0.05) is 13.0 Å². The predicted octanol–water partition coefficient (Wildman–Crippen LogP) is 2.02. The minimum atomic E-state index is -0.885. The molecule has 0 aliphatic heterocycles. The van der Waals surface area contributed by atoms with Gasteiger partial charge in [-0.25, -0.2) is 4.79 Å². The molecule has 1 N–H and O–H groups in total. The van der Waals surface area contributed by atoms with E-state index in [9.17, 15) is 4.79 Å². The maximum absolute atomic E-state index is 10.9. The molecule has 0 saturated heterocycles. The lowest BCUT2D eigenvalue weighted by Crippen LogP contribution is -2.09. The third kappa shape index (κ3) is 1.36. The lowest BCUT2D eigenvalue weighted by molar-refractivity contribution is 0.0685. The zero-order valence-electron chi connectivity index (χ0n) is 9.39. The maximum atomic E-state index is 10.9. The number of aromatic nitrogens is 2. The molecule has 0 spiro atoms. The normalized spacial score (nSPS) is 32.2. The van der Waals surface area contributed by atoms with E-state index < -0.39 is 5.97 Å². The van der Waals surface area contributed by atoms with Crippen molar-refractivity contribution in [3.8, 4) is 0 Å². The van der Waals surface area contributed by atoms with Crippen LogP contribution in [-0.2, 0) is 7.05 Å². The van der Waals surface area contributed by atoms with Crippen LogP contribution in [-0.4, -0.2) is 20.9 Å². The van der Waals surface area contributed by atoms with Crippen molar-refractivity contribution in [1.82, 2.24) is 9.78 Å². The van der Waals surface area contributed by atoms with Gasteiger partial charge in [0.1, 0.15) is 5.69 Å². The summed E-state index contributed by atoms with van der Waals surface area (Å²) < 4.78 is 1.49. The van der Waals surface area contributed by atoms with E-state index in [-0.39, 0.29) is 0 Å². The number of aromatic carboxylic acids is 1. The third-order valence-corrected chi connectivity index (χ3v) is 4.24. The number of carbonyl (C=O) groups is 1. The number of nitrogens with zero attached hydrogens (tertiary/aromatic N) is 2. The van der Waals surface area contributed by atoms with E-state index in [0.29, 0.717) is 11.6 Å². The molecule has 0 amide bonds. The lowest BCUT2D eigenvalue weighted by atomic mass is 9.86. The second-order valence-electron chi connectivity index (χ2n) is 5.16. The largest absolute Gasteiger partial charge is 0.477 e. The molecule has 3 atom stereocenters. The highest BCUT2D eigenvalue weighted by atomic mass is 16.4. The first-order valence-corrected chi connectivity index (χ1v) is 5.92. The van der Waals surface area contributed by atoms with Gasteiger partial charge in [0.05, 0.1) is 5.69 Å². The van der Waals surface area contributed by atoms with E-state index in [0.717, 1.165) is 17.5 Å². The minimum Gasteiger partial charge on any atom is -0.477 e. The highest BCUT2D eigenvalue weighted by Gasteiger charge is 2.41. The van der Waals surface area contributed by atoms with Gasteiger partial charge < -0.3 is 5.11 Å². The molecule has 2 aliphatic carbocycles.